The number of ketones is 1. The number of carbonyl (C=O) groups is 1. The minimum Gasteiger partial charge on any atom is -0.298 e. The first-order valence-corrected chi connectivity index (χ1v) is 6.16. The molecular weight excluding hydrogens is 192 g/mol. The second kappa shape index (κ2) is 3.77. The third-order valence-electron chi connectivity index (χ3n) is 2.97. The monoisotopic (exact) mass is 206 g/mol. The maximum atomic E-state index is 11.9. The van der Waals surface area contributed by atoms with E-state index in [2.05, 4.69) is 12.1 Å². The van der Waals surface area contributed by atoms with Crippen LogP contribution in [0, 0.1) is 0 Å². The fourth-order valence-corrected chi connectivity index (χ4v) is 3.24. The van der Waals surface area contributed by atoms with E-state index >= 15 is 0 Å². The van der Waals surface area contributed by atoms with Gasteiger partial charge in [0.05, 0.1) is 4.75 Å². The quantitative estimate of drug-likeness (QED) is 0.740. The van der Waals surface area contributed by atoms with Crippen molar-refractivity contribution in [2.45, 2.75) is 24.0 Å². The number of rotatable bonds is 2. The Bertz CT molecular complexity index is 333. The Morgan fingerprint density at radius 1 is 1.29 bits per heavy atom. The van der Waals surface area contributed by atoms with E-state index in [1.807, 2.05) is 24.5 Å². The van der Waals surface area contributed by atoms with Crippen molar-refractivity contribution in [3.63, 3.8) is 0 Å². The van der Waals surface area contributed by atoms with Crippen molar-refractivity contribution in [3.05, 3.63) is 35.9 Å². The molecule has 0 aliphatic heterocycles. The van der Waals surface area contributed by atoms with Crippen molar-refractivity contribution in [1.29, 1.82) is 0 Å². The van der Waals surface area contributed by atoms with E-state index in [9.17, 15) is 4.79 Å². The first-order chi connectivity index (χ1) is 6.79. The Balaban J connectivity index is 2.43. The van der Waals surface area contributed by atoms with Crippen LogP contribution in [0.4, 0.5) is 0 Å². The molecule has 1 saturated carbocycles. The highest BCUT2D eigenvalue weighted by Crippen LogP contribution is 2.45. The van der Waals surface area contributed by atoms with Crippen LogP contribution >= 0.6 is 11.8 Å². The van der Waals surface area contributed by atoms with Crippen LogP contribution in [0.25, 0.3) is 0 Å². The lowest BCUT2D eigenvalue weighted by atomic mass is 9.96. The first kappa shape index (κ1) is 9.78. The Hall–Kier alpha value is -0.760. The zero-order valence-electron chi connectivity index (χ0n) is 8.32. The second-order valence-corrected chi connectivity index (χ2v) is 4.78. The Morgan fingerprint density at radius 2 is 2.00 bits per heavy atom. The smallest absolute Gasteiger partial charge is 0.153 e. The van der Waals surface area contributed by atoms with E-state index in [0.29, 0.717) is 5.78 Å². The van der Waals surface area contributed by atoms with Gasteiger partial charge in [-0.3, -0.25) is 4.79 Å². The molecule has 1 fully saturated rings. The summed E-state index contributed by atoms with van der Waals surface area (Å²) in [6.07, 6.45) is 4.82. The predicted molar refractivity (Wildman–Crippen MR) is 60.5 cm³/mol. The molecule has 1 aromatic carbocycles. The molecule has 1 atom stereocenters. The number of hydrogen-bond donors (Lipinski definition) is 0. The van der Waals surface area contributed by atoms with E-state index in [4.69, 9.17) is 0 Å². The summed E-state index contributed by atoms with van der Waals surface area (Å²) in [7, 11) is 0. The summed E-state index contributed by atoms with van der Waals surface area (Å²) < 4.78 is -0.235. The molecule has 0 saturated heterocycles. The zero-order valence-corrected chi connectivity index (χ0v) is 9.14. The molecule has 0 radical (unpaired) electrons. The van der Waals surface area contributed by atoms with Gasteiger partial charge >= 0.3 is 0 Å². The summed E-state index contributed by atoms with van der Waals surface area (Å²) in [6.45, 7) is 0. The van der Waals surface area contributed by atoms with E-state index < -0.39 is 0 Å². The van der Waals surface area contributed by atoms with E-state index in [1.165, 1.54) is 5.56 Å². The fourth-order valence-electron chi connectivity index (χ4n) is 2.19. The number of Topliss-reactive ketones (excluding diaryl/α,β-unsaturated/α-hetero) is 1. The van der Waals surface area contributed by atoms with Crippen LogP contribution in [0.3, 0.4) is 0 Å². The van der Waals surface area contributed by atoms with Crippen molar-refractivity contribution in [2.24, 2.45) is 0 Å². The molecule has 1 aromatic rings. The average molecular weight is 206 g/mol. The molecule has 0 N–H and O–H groups in total. The molecule has 0 bridgehead atoms. The highest BCUT2D eigenvalue weighted by atomic mass is 32.2. The zero-order chi connectivity index (χ0) is 10.0. The fraction of sp³-hybridized carbons (Fsp3) is 0.417. The van der Waals surface area contributed by atoms with E-state index in [-0.39, 0.29) is 4.75 Å². The van der Waals surface area contributed by atoms with Crippen molar-refractivity contribution in [3.8, 4) is 0 Å². The number of thioether (sulfide) groups is 1. The van der Waals surface area contributed by atoms with Gasteiger partial charge in [-0.1, -0.05) is 30.3 Å². The number of carbonyl (C=O) groups excluding carboxylic acids is 1. The highest BCUT2D eigenvalue weighted by molar-refractivity contribution is 8.00. The topological polar surface area (TPSA) is 17.1 Å². The lowest BCUT2D eigenvalue weighted by Crippen LogP contribution is -2.26. The standard InChI is InChI=1S/C12H14OS/c1-14-12(9-5-8-11(12)13)10-6-3-2-4-7-10/h2-4,6-7H,5,8-9H2,1H3. The Kier molecular flexibility index (Phi) is 2.64. The van der Waals surface area contributed by atoms with Gasteiger partial charge in [0, 0.05) is 6.42 Å². The van der Waals surface area contributed by atoms with Crippen LogP contribution in [-0.4, -0.2) is 12.0 Å². The summed E-state index contributed by atoms with van der Waals surface area (Å²) in [5, 5.41) is 0. The summed E-state index contributed by atoms with van der Waals surface area (Å²) in [4.78, 5) is 11.9. The summed E-state index contributed by atoms with van der Waals surface area (Å²) in [5.74, 6) is 0.399. The van der Waals surface area contributed by atoms with Crippen LogP contribution in [0.2, 0.25) is 0 Å². The van der Waals surface area contributed by atoms with Gasteiger partial charge in [-0.15, -0.1) is 11.8 Å². The van der Waals surface area contributed by atoms with Crippen molar-refractivity contribution >= 4 is 17.5 Å². The third-order valence-corrected chi connectivity index (χ3v) is 4.34. The number of benzene rings is 1. The van der Waals surface area contributed by atoms with Crippen LogP contribution in [0.5, 0.6) is 0 Å². The maximum absolute atomic E-state index is 11.9. The van der Waals surface area contributed by atoms with Gasteiger partial charge < -0.3 is 0 Å². The van der Waals surface area contributed by atoms with Gasteiger partial charge in [0.2, 0.25) is 0 Å². The minimum absolute atomic E-state index is 0.235. The molecule has 0 heterocycles. The summed E-state index contributed by atoms with van der Waals surface area (Å²) >= 11 is 1.69. The van der Waals surface area contributed by atoms with Crippen molar-refractivity contribution in [1.82, 2.24) is 0 Å². The van der Waals surface area contributed by atoms with Gasteiger partial charge in [-0.2, -0.15) is 0 Å². The van der Waals surface area contributed by atoms with Gasteiger partial charge in [0.15, 0.2) is 5.78 Å². The van der Waals surface area contributed by atoms with Gasteiger partial charge in [0.1, 0.15) is 0 Å². The molecule has 0 aromatic heterocycles. The average Bonchev–Trinajstić information content (AvgIpc) is 2.62. The second-order valence-electron chi connectivity index (χ2n) is 3.67. The molecule has 74 valence electrons. The Labute approximate surface area is 88.9 Å². The van der Waals surface area contributed by atoms with E-state index in [1.54, 1.807) is 11.8 Å². The predicted octanol–water partition coefficient (Wildman–Crippen LogP) is 3.00. The van der Waals surface area contributed by atoms with Gasteiger partial charge in [-0.25, -0.2) is 0 Å². The molecule has 1 unspecified atom stereocenters. The number of hydrogen-bond acceptors (Lipinski definition) is 2. The van der Waals surface area contributed by atoms with Crippen LogP contribution in [0.15, 0.2) is 30.3 Å². The summed E-state index contributed by atoms with van der Waals surface area (Å²) in [5.41, 5.74) is 1.18. The third kappa shape index (κ3) is 1.38. The van der Waals surface area contributed by atoms with Crippen molar-refractivity contribution in [2.75, 3.05) is 6.26 Å². The molecule has 1 aliphatic carbocycles. The molecule has 2 heteroatoms. The van der Waals surface area contributed by atoms with Crippen molar-refractivity contribution < 1.29 is 4.79 Å². The minimum atomic E-state index is -0.235. The lowest BCUT2D eigenvalue weighted by molar-refractivity contribution is -0.119. The van der Waals surface area contributed by atoms with Gasteiger partial charge in [-0.05, 0) is 24.7 Å². The normalized spacial score (nSPS) is 26.8. The largest absolute Gasteiger partial charge is 0.298 e. The van der Waals surface area contributed by atoms with E-state index in [0.717, 1.165) is 19.3 Å². The molecular formula is C12H14OS. The van der Waals surface area contributed by atoms with Crippen LogP contribution in [-0.2, 0) is 9.54 Å². The molecule has 1 nitrogen and oxygen atoms in total. The molecule has 0 spiro atoms. The molecule has 14 heavy (non-hydrogen) atoms. The lowest BCUT2D eigenvalue weighted by Gasteiger charge is -2.25. The van der Waals surface area contributed by atoms with Crippen LogP contribution < -0.4 is 0 Å². The maximum Gasteiger partial charge on any atom is 0.153 e. The van der Waals surface area contributed by atoms with Crippen LogP contribution in [0.1, 0.15) is 24.8 Å². The van der Waals surface area contributed by atoms with Gasteiger partial charge in [0.25, 0.3) is 0 Å². The first-order valence-electron chi connectivity index (χ1n) is 4.93. The molecule has 2 rings (SSSR count). The molecule has 1 aliphatic rings. The highest BCUT2D eigenvalue weighted by Gasteiger charge is 2.42. The summed E-state index contributed by atoms with van der Waals surface area (Å²) in [6, 6.07) is 10.2. The molecule has 0 amide bonds. The SMILES string of the molecule is CSC1(c2ccccc2)CCCC1=O. The Morgan fingerprint density at radius 3 is 2.50 bits per heavy atom.